The highest BCUT2D eigenvalue weighted by Crippen LogP contribution is 2.12. The highest BCUT2D eigenvalue weighted by atomic mass is 32.2. The first-order valence-electron chi connectivity index (χ1n) is 6.39. The van der Waals surface area contributed by atoms with Crippen LogP contribution in [0.3, 0.4) is 0 Å². The number of nitrogens with zero attached hydrogens (tertiary/aromatic N) is 2. The average Bonchev–Trinajstić information content (AvgIpc) is 2.40. The number of nitrogens with one attached hydrogen (secondary N) is 1. The number of halogens is 1. The summed E-state index contributed by atoms with van der Waals surface area (Å²) in [5.41, 5.74) is 0.907. The van der Waals surface area contributed by atoms with Crippen LogP contribution >= 0.6 is 11.8 Å². The molecule has 1 atom stereocenters. The van der Waals surface area contributed by atoms with Crippen molar-refractivity contribution in [3.63, 3.8) is 0 Å². The van der Waals surface area contributed by atoms with Crippen molar-refractivity contribution in [1.29, 1.82) is 0 Å². The van der Waals surface area contributed by atoms with Gasteiger partial charge in [-0.05, 0) is 18.6 Å². The molecule has 1 aromatic rings. The van der Waals surface area contributed by atoms with E-state index >= 15 is 0 Å². The highest BCUT2D eigenvalue weighted by molar-refractivity contribution is 7.99. The summed E-state index contributed by atoms with van der Waals surface area (Å²) in [6.07, 6.45) is 2.96. The lowest BCUT2D eigenvalue weighted by molar-refractivity contribution is 0.296. The van der Waals surface area contributed by atoms with Gasteiger partial charge in [-0.1, -0.05) is 0 Å². The predicted octanol–water partition coefficient (Wildman–Crippen LogP) is 1.92. The number of hydrogen-bond acceptors (Lipinski definition) is 4. The van der Waals surface area contributed by atoms with Crippen LogP contribution < -0.4 is 5.32 Å². The maximum Gasteiger partial charge on any atom is 0.141 e. The van der Waals surface area contributed by atoms with Crippen LogP contribution in [0.5, 0.6) is 0 Å². The summed E-state index contributed by atoms with van der Waals surface area (Å²) >= 11 is 2.02. The molecule has 0 amide bonds. The first kappa shape index (κ1) is 13.8. The average molecular weight is 269 g/mol. The Bertz CT molecular complexity index is 369. The second kappa shape index (κ2) is 7.07. The third-order valence-corrected chi connectivity index (χ3v) is 4.15. The third-order valence-electron chi connectivity index (χ3n) is 3.21. The number of rotatable bonds is 5. The zero-order valence-corrected chi connectivity index (χ0v) is 11.5. The Kier molecular flexibility index (Phi) is 5.41. The Morgan fingerprint density at radius 1 is 1.44 bits per heavy atom. The van der Waals surface area contributed by atoms with Crippen molar-refractivity contribution >= 4 is 11.8 Å². The highest BCUT2D eigenvalue weighted by Gasteiger charge is 2.11. The van der Waals surface area contributed by atoms with Crippen molar-refractivity contribution < 1.29 is 4.39 Å². The third kappa shape index (κ3) is 4.23. The van der Waals surface area contributed by atoms with Crippen LogP contribution in [0.4, 0.5) is 4.39 Å². The molecule has 5 heteroatoms. The molecule has 1 fully saturated rings. The molecule has 0 aliphatic carbocycles. The van der Waals surface area contributed by atoms with Crippen LogP contribution in [0, 0.1) is 5.82 Å². The molecule has 1 unspecified atom stereocenters. The van der Waals surface area contributed by atoms with E-state index < -0.39 is 0 Å². The minimum atomic E-state index is -0.269. The van der Waals surface area contributed by atoms with Gasteiger partial charge in [0, 0.05) is 49.9 Å². The SMILES string of the molecule is CC(NCCN1CCSCC1)c1cncc(F)c1. The molecular formula is C13H20FN3S. The van der Waals surface area contributed by atoms with E-state index in [-0.39, 0.29) is 11.9 Å². The summed E-state index contributed by atoms with van der Waals surface area (Å²) in [6, 6.07) is 1.69. The van der Waals surface area contributed by atoms with Gasteiger partial charge in [-0.2, -0.15) is 11.8 Å². The van der Waals surface area contributed by atoms with Crippen LogP contribution in [0.1, 0.15) is 18.5 Å². The zero-order valence-electron chi connectivity index (χ0n) is 10.7. The van der Waals surface area contributed by atoms with Crippen molar-refractivity contribution in [1.82, 2.24) is 15.2 Å². The Morgan fingerprint density at radius 3 is 2.94 bits per heavy atom. The molecule has 2 heterocycles. The maximum atomic E-state index is 13.0. The monoisotopic (exact) mass is 269 g/mol. The van der Waals surface area contributed by atoms with Crippen molar-refractivity contribution in [2.45, 2.75) is 13.0 Å². The molecule has 0 radical (unpaired) electrons. The van der Waals surface area contributed by atoms with Gasteiger partial charge >= 0.3 is 0 Å². The fraction of sp³-hybridized carbons (Fsp3) is 0.615. The van der Waals surface area contributed by atoms with E-state index in [1.165, 1.54) is 30.8 Å². The van der Waals surface area contributed by atoms with Gasteiger partial charge in [0.05, 0.1) is 6.20 Å². The molecule has 1 aliphatic rings. The number of hydrogen-bond donors (Lipinski definition) is 1. The standard InChI is InChI=1S/C13H20FN3S/c1-11(12-8-13(14)10-15-9-12)16-2-3-17-4-6-18-7-5-17/h8-11,16H,2-7H2,1H3. The van der Waals surface area contributed by atoms with E-state index in [1.54, 1.807) is 12.3 Å². The van der Waals surface area contributed by atoms with E-state index in [9.17, 15) is 4.39 Å². The topological polar surface area (TPSA) is 28.2 Å². The summed E-state index contributed by atoms with van der Waals surface area (Å²) < 4.78 is 13.0. The van der Waals surface area contributed by atoms with Crippen molar-refractivity contribution in [3.05, 3.63) is 29.8 Å². The van der Waals surface area contributed by atoms with Gasteiger partial charge in [0.2, 0.25) is 0 Å². The molecule has 1 N–H and O–H groups in total. The molecule has 1 saturated heterocycles. The molecule has 1 aliphatic heterocycles. The number of thioether (sulfide) groups is 1. The van der Waals surface area contributed by atoms with Gasteiger partial charge in [-0.25, -0.2) is 4.39 Å². The first-order valence-corrected chi connectivity index (χ1v) is 7.55. The van der Waals surface area contributed by atoms with Gasteiger partial charge in [0.15, 0.2) is 0 Å². The summed E-state index contributed by atoms with van der Waals surface area (Å²) in [7, 11) is 0. The molecule has 2 rings (SSSR count). The van der Waals surface area contributed by atoms with Crippen molar-refractivity contribution in [3.8, 4) is 0 Å². The summed E-state index contributed by atoms with van der Waals surface area (Å²) in [4.78, 5) is 6.35. The fourth-order valence-electron chi connectivity index (χ4n) is 2.05. The van der Waals surface area contributed by atoms with E-state index in [4.69, 9.17) is 0 Å². The lowest BCUT2D eigenvalue weighted by Gasteiger charge is -2.26. The normalized spacial score (nSPS) is 18.8. The van der Waals surface area contributed by atoms with Crippen molar-refractivity contribution in [2.75, 3.05) is 37.7 Å². The predicted molar refractivity (Wildman–Crippen MR) is 74.4 cm³/mol. The molecule has 0 saturated carbocycles. The van der Waals surface area contributed by atoms with E-state index in [0.29, 0.717) is 0 Å². The molecular weight excluding hydrogens is 249 g/mol. The molecule has 0 aromatic carbocycles. The van der Waals surface area contributed by atoms with E-state index in [2.05, 4.69) is 15.2 Å². The smallest absolute Gasteiger partial charge is 0.141 e. The van der Waals surface area contributed by atoms with Crippen molar-refractivity contribution in [2.24, 2.45) is 0 Å². The van der Waals surface area contributed by atoms with Gasteiger partial charge in [-0.3, -0.25) is 4.98 Å². The second-order valence-electron chi connectivity index (χ2n) is 4.57. The molecule has 1 aromatic heterocycles. The molecule has 3 nitrogen and oxygen atoms in total. The Balaban J connectivity index is 1.72. The Labute approximate surface area is 112 Å². The summed E-state index contributed by atoms with van der Waals surface area (Å²) in [6.45, 7) is 6.41. The Hall–Kier alpha value is -0.650. The second-order valence-corrected chi connectivity index (χ2v) is 5.79. The van der Waals surface area contributed by atoms with E-state index in [1.807, 2.05) is 18.7 Å². The van der Waals surface area contributed by atoms with Crippen LogP contribution in [-0.4, -0.2) is 47.6 Å². The zero-order chi connectivity index (χ0) is 12.8. The largest absolute Gasteiger partial charge is 0.309 e. The molecule has 100 valence electrons. The van der Waals surface area contributed by atoms with Crippen LogP contribution in [0.15, 0.2) is 18.5 Å². The number of aromatic nitrogens is 1. The van der Waals surface area contributed by atoms with Crippen LogP contribution in [0.25, 0.3) is 0 Å². The van der Waals surface area contributed by atoms with Gasteiger partial charge in [-0.15, -0.1) is 0 Å². The van der Waals surface area contributed by atoms with Crippen LogP contribution in [0.2, 0.25) is 0 Å². The summed E-state index contributed by atoms with van der Waals surface area (Å²) in [5, 5.41) is 3.42. The minimum Gasteiger partial charge on any atom is -0.309 e. The number of pyridine rings is 1. The fourth-order valence-corrected chi connectivity index (χ4v) is 3.03. The quantitative estimate of drug-likeness (QED) is 0.884. The molecule has 0 spiro atoms. The van der Waals surface area contributed by atoms with E-state index in [0.717, 1.165) is 18.7 Å². The van der Waals surface area contributed by atoms with Gasteiger partial charge in [0.25, 0.3) is 0 Å². The lowest BCUT2D eigenvalue weighted by Crippen LogP contribution is -2.38. The summed E-state index contributed by atoms with van der Waals surface area (Å²) in [5.74, 6) is 2.21. The van der Waals surface area contributed by atoms with Gasteiger partial charge < -0.3 is 10.2 Å². The lowest BCUT2D eigenvalue weighted by atomic mass is 10.1. The van der Waals surface area contributed by atoms with Crippen LogP contribution in [-0.2, 0) is 0 Å². The molecule has 0 bridgehead atoms. The Morgan fingerprint density at radius 2 is 2.22 bits per heavy atom. The van der Waals surface area contributed by atoms with Gasteiger partial charge in [0.1, 0.15) is 5.82 Å². The maximum absolute atomic E-state index is 13.0. The minimum absolute atomic E-state index is 0.146. The first-order chi connectivity index (χ1) is 8.75. The molecule has 18 heavy (non-hydrogen) atoms.